The van der Waals surface area contributed by atoms with Crippen LogP contribution in [0.15, 0.2) is 59.5 Å². The van der Waals surface area contributed by atoms with Gasteiger partial charge < -0.3 is 14.8 Å². The van der Waals surface area contributed by atoms with Crippen molar-refractivity contribution in [3.63, 3.8) is 0 Å². The Bertz CT molecular complexity index is 1010. The molecule has 2 aromatic rings. The van der Waals surface area contributed by atoms with Gasteiger partial charge in [0.05, 0.1) is 4.90 Å². The van der Waals surface area contributed by atoms with Crippen molar-refractivity contribution >= 4 is 22.2 Å². The fourth-order valence-electron chi connectivity index (χ4n) is 3.59. The summed E-state index contributed by atoms with van der Waals surface area (Å²) in [4.78, 5) is 24.7. The van der Waals surface area contributed by atoms with Crippen LogP contribution in [0.4, 0.5) is 4.79 Å². The highest BCUT2D eigenvalue weighted by Crippen LogP contribution is 2.56. The van der Waals surface area contributed by atoms with Crippen LogP contribution in [0.3, 0.4) is 0 Å². The van der Waals surface area contributed by atoms with Crippen LogP contribution >= 0.6 is 0 Å². The van der Waals surface area contributed by atoms with E-state index in [0.29, 0.717) is 11.8 Å². The van der Waals surface area contributed by atoms with Crippen LogP contribution in [0.5, 0.6) is 0 Å². The zero-order chi connectivity index (χ0) is 21.4. The number of aldehydes is 1. The van der Waals surface area contributed by atoms with E-state index in [9.17, 15) is 18.0 Å². The molecule has 3 atom stereocenters. The van der Waals surface area contributed by atoms with Gasteiger partial charge in [0.2, 0.25) is 0 Å². The van der Waals surface area contributed by atoms with Gasteiger partial charge in [-0.05, 0) is 45.4 Å². The van der Waals surface area contributed by atoms with E-state index >= 15 is 0 Å². The molecule has 0 spiro atoms. The quantitative estimate of drug-likeness (QED) is 0.756. The van der Waals surface area contributed by atoms with Gasteiger partial charge in [0, 0.05) is 5.92 Å². The van der Waals surface area contributed by atoms with Crippen LogP contribution in [0.25, 0.3) is 0 Å². The molecular weight excluding hydrogens is 390 g/mol. The van der Waals surface area contributed by atoms with Crippen LogP contribution in [-0.2, 0) is 19.4 Å². The molecule has 29 heavy (non-hydrogen) atoms. The molecular formula is C22H25NO5S. The lowest BCUT2D eigenvalue weighted by Gasteiger charge is -2.22. The minimum Gasteiger partial charge on any atom is -0.444 e. The maximum atomic E-state index is 13.4. The van der Waals surface area contributed by atoms with Crippen molar-refractivity contribution < 1.29 is 22.7 Å². The summed E-state index contributed by atoms with van der Waals surface area (Å²) in [6.45, 7) is 6.95. The first kappa shape index (κ1) is 21.0. The molecule has 1 aliphatic carbocycles. The van der Waals surface area contributed by atoms with Gasteiger partial charge in [-0.1, -0.05) is 48.0 Å². The summed E-state index contributed by atoms with van der Waals surface area (Å²) in [5, 5.41) is 1.43. The number of aryl methyl sites for hydroxylation is 1. The first-order valence-corrected chi connectivity index (χ1v) is 10.9. The highest BCUT2D eigenvalue weighted by atomic mass is 32.2. The van der Waals surface area contributed by atoms with Gasteiger partial charge in [-0.3, -0.25) is 0 Å². The molecule has 154 valence electrons. The Morgan fingerprint density at radius 2 is 1.66 bits per heavy atom. The molecule has 1 amide bonds. The SMILES string of the molecule is Cc1ccc(S(=O)(=O)[C@H]2[C@H](c3ccccc3)[C@@]2(C=O)NC(=O)OC(C)(C)C)cc1. The van der Waals surface area contributed by atoms with Crippen molar-refractivity contribution in [3.05, 3.63) is 65.7 Å². The fraction of sp³-hybridized carbons (Fsp3) is 0.364. The lowest BCUT2D eigenvalue weighted by molar-refractivity contribution is -0.110. The van der Waals surface area contributed by atoms with Crippen molar-refractivity contribution in [2.45, 2.75) is 54.9 Å². The second-order valence-corrected chi connectivity index (χ2v) is 10.4. The Kier molecular flexibility index (Phi) is 5.30. The number of amides is 1. The zero-order valence-corrected chi connectivity index (χ0v) is 17.7. The number of ether oxygens (including phenoxy) is 1. The molecule has 0 aliphatic heterocycles. The molecule has 0 saturated heterocycles. The Labute approximate surface area is 171 Å². The van der Waals surface area contributed by atoms with Crippen LogP contribution in [0.2, 0.25) is 0 Å². The molecule has 7 heteroatoms. The van der Waals surface area contributed by atoms with Gasteiger partial charge in [0.1, 0.15) is 22.7 Å². The van der Waals surface area contributed by atoms with Gasteiger partial charge in [-0.2, -0.15) is 0 Å². The number of carbonyl (C=O) groups is 2. The average molecular weight is 416 g/mol. The maximum Gasteiger partial charge on any atom is 0.408 e. The molecule has 0 heterocycles. The second kappa shape index (κ2) is 7.30. The molecule has 6 nitrogen and oxygen atoms in total. The Hall–Kier alpha value is -2.67. The monoisotopic (exact) mass is 415 g/mol. The van der Waals surface area contributed by atoms with E-state index in [1.54, 1.807) is 63.2 Å². The smallest absolute Gasteiger partial charge is 0.408 e. The summed E-state index contributed by atoms with van der Waals surface area (Å²) in [5.74, 6) is -0.708. The fourth-order valence-corrected chi connectivity index (χ4v) is 5.84. The first-order chi connectivity index (χ1) is 13.5. The van der Waals surface area contributed by atoms with E-state index in [1.165, 1.54) is 12.1 Å². The van der Waals surface area contributed by atoms with Crippen molar-refractivity contribution in [2.24, 2.45) is 0 Å². The topological polar surface area (TPSA) is 89.5 Å². The number of hydrogen-bond acceptors (Lipinski definition) is 5. The predicted molar refractivity (Wildman–Crippen MR) is 110 cm³/mol. The summed E-state index contributed by atoms with van der Waals surface area (Å²) in [6.07, 6.45) is -0.308. The molecule has 1 fully saturated rings. The standard InChI is InChI=1S/C22H25NO5S/c1-15-10-12-17(13-11-15)29(26,27)19-18(16-8-6-5-7-9-16)22(19,14-24)23-20(25)28-21(2,3)4/h5-14,18-19H,1-4H3,(H,23,25)/t18-,19-,22+/m0/s1. The van der Waals surface area contributed by atoms with Gasteiger partial charge in [-0.25, -0.2) is 13.2 Å². The van der Waals surface area contributed by atoms with Crippen molar-refractivity contribution in [3.8, 4) is 0 Å². The molecule has 1 N–H and O–H groups in total. The average Bonchev–Trinajstić information content (AvgIpc) is 3.30. The third-order valence-corrected chi connectivity index (χ3v) is 7.19. The van der Waals surface area contributed by atoms with E-state index in [1.807, 2.05) is 6.92 Å². The summed E-state index contributed by atoms with van der Waals surface area (Å²) < 4.78 is 32.0. The molecule has 3 rings (SSSR count). The van der Waals surface area contributed by atoms with Crippen LogP contribution in [0, 0.1) is 6.92 Å². The molecule has 0 bridgehead atoms. The molecule has 1 aliphatic rings. The summed E-state index contributed by atoms with van der Waals surface area (Å²) in [7, 11) is -3.89. The summed E-state index contributed by atoms with van der Waals surface area (Å²) >= 11 is 0. The van der Waals surface area contributed by atoms with Crippen LogP contribution in [0.1, 0.15) is 37.8 Å². The van der Waals surface area contributed by atoms with Crippen molar-refractivity contribution in [2.75, 3.05) is 0 Å². The predicted octanol–water partition coefficient (Wildman–Crippen LogP) is 3.40. The Morgan fingerprint density at radius 3 is 2.17 bits per heavy atom. The highest BCUT2D eigenvalue weighted by molar-refractivity contribution is 7.92. The molecule has 0 aromatic heterocycles. The van der Waals surface area contributed by atoms with Crippen molar-refractivity contribution in [1.82, 2.24) is 5.32 Å². The van der Waals surface area contributed by atoms with Gasteiger partial charge >= 0.3 is 6.09 Å². The van der Waals surface area contributed by atoms with Crippen molar-refractivity contribution in [1.29, 1.82) is 0 Å². The lowest BCUT2D eigenvalue weighted by Crippen LogP contribution is -2.45. The minimum absolute atomic E-state index is 0.115. The normalized spacial score (nSPS) is 23.9. The van der Waals surface area contributed by atoms with E-state index in [4.69, 9.17) is 4.74 Å². The Morgan fingerprint density at radius 1 is 1.07 bits per heavy atom. The number of benzene rings is 2. The number of carbonyl (C=O) groups excluding carboxylic acids is 2. The summed E-state index contributed by atoms with van der Waals surface area (Å²) in [5.41, 5.74) is -0.784. The van der Waals surface area contributed by atoms with Crippen LogP contribution in [-0.4, -0.2) is 37.2 Å². The van der Waals surface area contributed by atoms with E-state index in [2.05, 4.69) is 5.32 Å². The molecule has 0 radical (unpaired) electrons. The van der Waals surface area contributed by atoms with Crippen LogP contribution < -0.4 is 5.32 Å². The molecule has 1 saturated carbocycles. The number of rotatable bonds is 5. The number of nitrogens with one attached hydrogen (secondary N) is 1. The minimum atomic E-state index is -3.89. The van der Waals surface area contributed by atoms with E-state index in [-0.39, 0.29) is 4.90 Å². The second-order valence-electron chi connectivity index (χ2n) is 8.34. The zero-order valence-electron chi connectivity index (χ0n) is 16.9. The number of alkyl carbamates (subject to hydrolysis) is 1. The lowest BCUT2D eigenvalue weighted by atomic mass is 10.1. The molecule has 2 aromatic carbocycles. The van der Waals surface area contributed by atoms with Gasteiger partial charge in [-0.15, -0.1) is 0 Å². The van der Waals surface area contributed by atoms with Gasteiger partial charge in [0.25, 0.3) is 0 Å². The number of hydrogen-bond donors (Lipinski definition) is 1. The largest absolute Gasteiger partial charge is 0.444 e. The van der Waals surface area contributed by atoms with Gasteiger partial charge in [0.15, 0.2) is 9.84 Å². The Balaban J connectivity index is 2.03. The first-order valence-electron chi connectivity index (χ1n) is 9.34. The molecule has 0 unspecified atom stereocenters. The third-order valence-electron chi connectivity index (χ3n) is 4.93. The summed E-state index contributed by atoms with van der Waals surface area (Å²) in [6, 6.07) is 15.3. The number of sulfone groups is 1. The maximum absolute atomic E-state index is 13.4. The van der Waals surface area contributed by atoms with E-state index < -0.39 is 38.2 Å². The highest BCUT2D eigenvalue weighted by Gasteiger charge is 2.73. The third kappa shape index (κ3) is 4.05. The van der Waals surface area contributed by atoms with E-state index in [0.717, 1.165) is 5.56 Å².